The smallest absolute Gasteiger partial charge is 0.387 e. The lowest BCUT2D eigenvalue weighted by atomic mass is 10.1. The first-order valence-corrected chi connectivity index (χ1v) is 6.94. The number of aliphatic hydroxyl groups is 1. The first kappa shape index (κ1) is 14.7. The number of ether oxygens (including phenoxy) is 1. The van der Waals surface area contributed by atoms with Gasteiger partial charge < -0.3 is 9.84 Å². The predicted molar refractivity (Wildman–Crippen MR) is 71.2 cm³/mol. The molecule has 3 nitrogen and oxygen atoms in total. The van der Waals surface area contributed by atoms with E-state index in [0.717, 1.165) is 31.6 Å². The van der Waals surface area contributed by atoms with Crippen LogP contribution in [0.5, 0.6) is 5.75 Å². The highest BCUT2D eigenvalue weighted by molar-refractivity contribution is 9.10. The fourth-order valence-electron chi connectivity index (χ4n) is 2.30. The summed E-state index contributed by atoms with van der Waals surface area (Å²) in [7, 11) is 0. The maximum absolute atomic E-state index is 12.1. The molecular weight excluding hydrogens is 320 g/mol. The van der Waals surface area contributed by atoms with Gasteiger partial charge in [-0.2, -0.15) is 8.78 Å². The summed E-state index contributed by atoms with van der Waals surface area (Å²) in [5, 5.41) is 9.09. The molecule has 0 aliphatic carbocycles. The third kappa shape index (κ3) is 4.12. The highest BCUT2D eigenvalue weighted by Crippen LogP contribution is 2.28. The Labute approximate surface area is 119 Å². The minimum Gasteiger partial charge on any atom is -0.434 e. The highest BCUT2D eigenvalue weighted by Gasteiger charge is 2.21. The molecule has 1 saturated heterocycles. The molecule has 0 radical (unpaired) electrons. The normalized spacial score (nSPS) is 20.2. The molecule has 6 heteroatoms. The Balaban J connectivity index is 1.96. The van der Waals surface area contributed by atoms with E-state index < -0.39 is 6.61 Å². The highest BCUT2D eigenvalue weighted by atomic mass is 79.9. The largest absolute Gasteiger partial charge is 0.434 e. The van der Waals surface area contributed by atoms with Gasteiger partial charge in [0.1, 0.15) is 5.75 Å². The van der Waals surface area contributed by atoms with Crippen molar-refractivity contribution in [3.63, 3.8) is 0 Å². The van der Waals surface area contributed by atoms with Crippen molar-refractivity contribution in [1.82, 2.24) is 4.90 Å². The zero-order valence-corrected chi connectivity index (χ0v) is 11.9. The van der Waals surface area contributed by atoms with Gasteiger partial charge in [0, 0.05) is 19.7 Å². The maximum Gasteiger partial charge on any atom is 0.387 e. The van der Waals surface area contributed by atoms with E-state index in [2.05, 4.69) is 25.6 Å². The summed E-state index contributed by atoms with van der Waals surface area (Å²) in [6.07, 6.45) is 1.00. The van der Waals surface area contributed by atoms with Gasteiger partial charge in [0.25, 0.3) is 0 Å². The molecule has 1 aromatic rings. The fraction of sp³-hybridized carbons (Fsp3) is 0.538. The summed E-state index contributed by atoms with van der Waals surface area (Å²) in [4.78, 5) is 2.25. The summed E-state index contributed by atoms with van der Waals surface area (Å²) < 4.78 is 29.2. The second-order valence-electron chi connectivity index (χ2n) is 4.72. The molecule has 1 unspecified atom stereocenters. The van der Waals surface area contributed by atoms with Crippen molar-refractivity contribution in [2.75, 3.05) is 19.7 Å². The van der Waals surface area contributed by atoms with E-state index in [1.54, 1.807) is 18.2 Å². The van der Waals surface area contributed by atoms with Crippen LogP contribution in [0.1, 0.15) is 12.0 Å². The van der Waals surface area contributed by atoms with E-state index in [1.165, 1.54) is 0 Å². The molecule has 1 aliphatic heterocycles. The Kier molecular flexibility index (Phi) is 5.13. The summed E-state index contributed by atoms with van der Waals surface area (Å²) >= 11 is 3.23. The topological polar surface area (TPSA) is 32.7 Å². The van der Waals surface area contributed by atoms with Crippen LogP contribution in [0, 0.1) is 5.92 Å². The average Bonchev–Trinajstić information content (AvgIpc) is 2.80. The molecule has 0 amide bonds. The van der Waals surface area contributed by atoms with Crippen molar-refractivity contribution in [3.8, 4) is 5.75 Å². The lowest BCUT2D eigenvalue weighted by Gasteiger charge is -2.16. The molecule has 0 spiro atoms. The molecule has 1 aromatic carbocycles. The number of likely N-dealkylation sites (tertiary alicyclic amines) is 1. The summed E-state index contributed by atoms with van der Waals surface area (Å²) in [5.74, 6) is 0.498. The zero-order chi connectivity index (χ0) is 13.8. The van der Waals surface area contributed by atoms with Crippen molar-refractivity contribution < 1.29 is 18.6 Å². The second kappa shape index (κ2) is 6.63. The number of alkyl halides is 2. The molecule has 0 bridgehead atoms. The quantitative estimate of drug-likeness (QED) is 0.898. The molecule has 1 N–H and O–H groups in total. The van der Waals surface area contributed by atoms with E-state index in [1.807, 2.05) is 0 Å². The lowest BCUT2D eigenvalue weighted by Crippen LogP contribution is -2.21. The second-order valence-corrected chi connectivity index (χ2v) is 5.57. The lowest BCUT2D eigenvalue weighted by molar-refractivity contribution is -0.0503. The molecule has 1 heterocycles. The first-order valence-electron chi connectivity index (χ1n) is 6.15. The van der Waals surface area contributed by atoms with Crippen LogP contribution >= 0.6 is 15.9 Å². The monoisotopic (exact) mass is 335 g/mol. The minimum atomic E-state index is -2.81. The zero-order valence-electron chi connectivity index (χ0n) is 10.4. The van der Waals surface area contributed by atoms with Crippen molar-refractivity contribution in [3.05, 3.63) is 28.2 Å². The average molecular weight is 336 g/mol. The number of hydrogen-bond acceptors (Lipinski definition) is 3. The van der Waals surface area contributed by atoms with Crippen LogP contribution in [0.15, 0.2) is 22.7 Å². The molecule has 1 atom stereocenters. The van der Waals surface area contributed by atoms with Crippen LogP contribution < -0.4 is 4.74 Å². The van der Waals surface area contributed by atoms with Crippen LogP contribution in [0.25, 0.3) is 0 Å². The summed E-state index contributed by atoms with van der Waals surface area (Å²) in [6.45, 7) is -0.00139. The Morgan fingerprint density at radius 3 is 2.84 bits per heavy atom. The van der Waals surface area contributed by atoms with Gasteiger partial charge in [-0.25, -0.2) is 0 Å². The Bertz CT molecular complexity index is 431. The van der Waals surface area contributed by atoms with Crippen LogP contribution in [-0.2, 0) is 6.54 Å². The van der Waals surface area contributed by atoms with E-state index in [0.29, 0.717) is 10.4 Å². The number of benzene rings is 1. The van der Waals surface area contributed by atoms with Crippen LogP contribution in [0.4, 0.5) is 8.78 Å². The van der Waals surface area contributed by atoms with E-state index >= 15 is 0 Å². The van der Waals surface area contributed by atoms with Gasteiger partial charge in [0.15, 0.2) is 0 Å². The molecule has 1 aliphatic rings. The predicted octanol–water partition coefficient (Wildman–Crippen LogP) is 2.86. The van der Waals surface area contributed by atoms with Gasteiger partial charge in [0.05, 0.1) is 4.47 Å². The summed E-state index contributed by atoms with van der Waals surface area (Å²) in [5.41, 5.74) is 1.03. The number of halogens is 3. The van der Waals surface area contributed by atoms with E-state index in [4.69, 9.17) is 5.11 Å². The minimum absolute atomic E-state index is 0.147. The third-order valence-corrected chi connectivity index (χ3v) is 3.87. The molecule has 106 valence electrons. The van der Waals surface area contributed by atoms with E-state index in [9.17, 15) is 8.78 Å². The molecule has 2 rings (SSSR count). The number of rotatable bonds is 5. The van der Waals surface area contributed by atoms with Crippen LogP contribution in [-0.4, -0.2) is 36.3 Å². The maximum atomic E-state index is 12.1. The Hall–Kier alpha value is -0.720. The molecule has 1 fully saturated rings. The standard InChI is InChI=1S/C13H16BrF2NO2/c14-11-5-9(1-2-12(11)19-13(15)16)6-17-4-3-10(7-17)8-18/h1-2,5,10,13,18H,3-4,6-8H2. The Morgan fingerprint density at radius 2 is 2.26 bits per heavy atom. The van der Waals surface area contributed by atoms with Crippen molar-refractivity contribution >= 4 is 15.9 Å². The number of hydrogen-bond donors (Lipinski definition) is 1. The summed E-state index contributed by atoms with van der Waals surface area (Å²) in [6, 6.07) is 5.13. The van der Waals surface area contributed by atoms with Crippen molar-refractivity contribution in [1.29, 1.82) is 0 Å². The third-order valence-electron chi connectivity index (χ3n) is 3.25. The molecule has 19 heavy (non-hydrogen) atoms. The van der Waals surface area contributed by atoms with Crippen molar-refractivity contribution in [2.24, 2.45) is 5.92 Å². The van der Waals surface area contributed by atoms with Crippen LogP contribution in [0.2, 0.25) is 0 Å². The first-order chi connectivity index (χ1) is 9.08. The molecule has 0 saturated carbocycles. The van der Waals surface area contributed by atoms with Crippen LogP contribution in [0.3, 0.4) is 0 Å². The van der Waals surface area contributed by atoms with Gasteiger partial charge >= 0.3 is 6.61 Å². The van der Waals surface area contributed by atoms with Crippen molar-refractivity contribution in [2.45, 2.75) is 19.6 Å². The van der Waals surface area contributed by atoms with Gasteiger partial charge in [-0.1, -0.05) is 6.07 Å². The SMILES string of the molecule is OCC1CCN(Cc2ccc(OC(F)F)c(Br)c2)C1. The fourth-order valence-corrected chi connectivity index (χ4v) is 2.82. The number of aliphatic hydroxyl groups excluding tert-OH is 1. The van der Waals surface area contributed by atoms with Gasteiger partial charge in [0.2, 0.25) is 0 Å². The molecule has 0 aromatic heterocycles. The van der Waals surface area contributed by atoms with Gasteiger partial charge in [-0.3, -0.25) is 4.90 Å². The van der Waals surface area contributed by atoms with Gasteiger partial charge in [-0.15, -0.1) is 0 Å². The molecular formula is C13H16BrF2NO2. The van der Waals surface area contributed by atoms with E-state index in [-0.39, 0.29) is 12.4 Å². The van der Waals surface area contributed by atoms with Gasteiger partial charge in [-0.05, 0) is 52.5 Å². The Morgan fingerprint density at radius 1 is 1.47 bits per heavy atom. The number of nitrogens with zero attached hydrogens (tertiary/aromatic N) is 1.